The van der Waals surface area contributed by atoms with Gasteiger partial charge in [-0.05, 0) is 25.0 Å². The smallest absolute Gasteiger partial charge is 0.306 e. The van der Waals surface area contributed by atoms with Crippen molar-refractivity contribution in [3.05, 3.63) is 24.2 Å². The maximum Gasteiger partial charge on any atom is 0.306 e. The summed E-state index contributed by atoms with van der Waals surface area (Å²) in [6.07, 6.45) is 2.58. The number of hydrogen-bond donors (Lipinski definition) is 2. The van der Waals surface area contributed by atoms with E-state index in [4.69, 9.17) is 9.52 Å². The lowest BCUT2D eigenvalue weighted by Gasteiger charge is -2.30. The summed E-state index contributed by atoms with van der Waals surface area (Å²) >= 11 is 0. The number of nitrogens with one attached hydrogen (secondary N) is 1. The van der Waals surface area contributed by atoms with Gasteiger partial charge >= 0.3 is 5.97 Å². The Balaban J connectivity index is 1.68. The fourth-order valence-corrected chi connectivity index (χ4v) is 2.31. The molecule has 21 heavy (non-hydrogen) atoms. The molecule has 7 heteroatoms. The van der Waals surface area contributed by atoms with Crippen LogP contribution in [-0.4, -0.2) is 47.4 Å². The van der Waals surface area contributed by atoms with Gasteiger partial charge in [-0.1, -0.05) is 0 Å². The van der Waals surface area contributed by atoms with E-state index in [1.165, 1.54) is 6.26 Å². The lowest BCUT2D eigenvalue weighted by Crippen LogP contribution is -2.41. The first-order valence-corrected chi connectivity index (χ1v) is 6.90. The van der Waals surface area contributed by atoms with Crippen molar-refractivity contribution in [3.63, 3.8) is 0 Å². The Morgan fingerprint density at radius 2 is 2.05 bits per heavy atom. The van der Waals surface area contributed by atoms with Crippen LogP contribution in [0.25, 0.3) is 0 Å². The molecule has 0 aliphatic carbocycles. The zero-order valence-corrected chi connectivity index (χ0v) is 11.6. The minimum atomic E-state index is -0.798. The van der Waals surface area contributed by atoms with Crippen molar-refractivity contribution < 1.29 is 23.9 Å². The first kappa shape index (κ1) is 15.1. The van der Waals surface area contributed by atoms with Gasteiger partial charge in [0, 0.05) is 26.1 Å². The molecule has 0 aromatic carbocycles. The third-order valence-electron chi connectivity index (χ3n) is 3.57. The van der Waals surface area contributed by atoms with E-state index >= 15 is 0 Å². The highest BCUT2D eigenvalue weighted by atomic mass is 16.4. The SMILES string of the molecule is O=C(NCCC(=O)N1CCC(C(=O)O)CC1)c1ccco1. The molecular weight excluding hydrogens is 276 g/mol. The quantitative estimate of drug-likeness (QED) is 0.833. The molecule has 0 bridgehead atoms. The number of hydrogen-bond acceptors (Lipinski definition) is 4. The maximum atomic E-state index is 11.9. The number of piperidine rings is 1. The van der Waals surface area contributed by atoms with Crippen LogP contribution >= 0.6 is 0 Å². The lowest BCUT2D eigenvalue weighted by molar-refractivity contribution is -0.145. The summed E-state index contributed by atoms with van der Waals surface area (Å²) in [4.78, 5) is 36.0. The van der Waals surface area contributed by atoms with Crippen LogP contribution in [0.4, 0.5) is 0 Å². The van der Waals surface area contributed by atoms with Gasteiger partial charge < -0.3 is 19.7 Å². The molecule has 114 valence electrons. The van der Waals surface area contributed by atoms with Gasteiger partial charge in [0.1, 0.15) is 0 Å². The number of carbonyl (C=O) groups is 3. The lowest BCUT2D eigenvalue weighted by atomic mass is 9.97. The topological polar surface area (TPSA) is 99.9 Å². The van der Waals surface area contributed by atoms with E-state index in [0.29, 0.717) is 25.9 Å². The molecule has 7 nitrogen and oxygen atoms in total. The molecule has 0 unspecified atom stereocenters. The summed E-state index contributed by atoms with van der Waals surface area (Å²) in [7, 11) is 0. The third-order valence-corrected chi connectivity index (χ3v) is 3.57. The van der Waals surface area contributed by atoms with Crippen molar-refractivity contribution in [2.24, 2.45) is 5.92 Å². The Labute approximate surface area is 121 Å². The Kier molecular flexibility index (Phi) is 4.97. The predicted octanol–water partition coefficient (Wildman–Crippen LogP) is 0.723. The standard InChI is InChI=1S/C14H18N2O5/c17-12(16-7-4-10(5-8-16)14(19)20)3-6-15-13(18)11-2-1-9-21-11/h1-2,9-10H,3-8H2,(H,15,18)(H,19,20). The highest BCUT2D eigenvalue weighted by molar-refractivity contribution is 5.91. The van der Waals surface area contributed by atoms with Gasteiger partial charge in [-0.3, -0.25) is 14.4 Å². The van der Waals surface area contributed by atoms with Gasteiger partial charge in [-0.25, -0.2) is 0 Å². The molecule has 0 saturated carbocycles. The Hall–Kier alpha value is -2.31. The summed E-state index contributed by atoms with van der Waals surface area (Å²) in [6, 6.07) is 3.17. The van der Waals surface area contributed by atoms with Gasteiger partial charge in [0.25, 0.3) is 5.91 Å². The molecule has 0 radical (unpaired) electrons. The number of carboxylic acids is 1. The minimum Gasteiger partial charge on any atom is -0.481 e. The van der Waals surface area contributed by atoms with Crippen molar-refractivity contribution in [1.82, 2.24) is 10.2 Å². The second-order valence-corrected chi connectivity index (χ2v) is 4.98. The number of carboxylic acid groups (broad SMARTS) is 1. The molecule has 1 fully saturated rings. The molecule has 1 aromatic heterocycles. The van der Waals surface area contributed by atoms with E-state index in [1.807, 2.05) is 0 Å². The molecule has 1 aromatic rings. The molecule has 2 rings (SSSR count). The van der Waals surface area contributed by atoms with Gasteiger partial charge in [-0.2, -0.15) is 0 Å². The van der Waals surface area contributed by atoms with E-state index in [9.17, 15) is 14.4 Å². The number of likely N-dealkylation sites (tertiary alicyclic amines) is 1. The Morgan fingerprint density at radius 3 is 2.62 bits per heavy atom. The summed E-state index contributed by atoms with van der Waals surface area (Å²) < 4.78 is 4.94. The Bertz CT molecular complexity index is 503. The summed E-state index contributed by atoms with van der Waals surface area (Å²) in [5.41, 5.74) is 0. The van der Waals surface area contributed by atoms with Crippen molar-refractivity contribution in [2.45, 2.75) is 19.3 Å². The zero-order chi connectivity index (χ0) is 15.2. The van der Waals surface area contributed by atoms with E-state index in [-0.39, 0.29) is 36.5 Å². The largest absolute Gasteiger partial charge is 0.481 e. The highest BCUT2D eigenvalue weighted by Crippen LogP contribution is 2.17. The second-order valence-electron chi connectivity index (χ2n) is 4.98. The average Bonchev–Trinajstić information content (AvgIpc) is 3.01. The predicted molar refractivity (Wildman–Crippen MR) is 72.6 cm³/mol. The van der Waals surface area contributed by atoms with Crippen molar-refractivity contribution in [3.8, 4) is 0 Å². The monoisotopic (exact) mass is 294 g/mol. The summed E-state index contributed by atoms with van der Waals surface area (Å²) in [5.74, 6) is -1.36. The fraction of sp³-hybridized carbons (Fsp3) is 0.500. The van der Waals surface area contributed by atoms with Crippen LogP contribution in [0.2, 0.25) is 0 Å². The van der Waals surface area contributed by atoms with Crippen LogP contribution in [0, 0.1) is 5.92 Å². The molecule has 1 aliphatic heterocycles. The number of nitrogens with zero attached hydrogens (tertiary/aromatic N) is 1. The van der Waals surface area contributed by atoms with Crippen molar-refractivity contribution in [2.75, 3.05) is 19.6 Å². The van der Waals surface area contributed by atoms with Crippen molar-refractivity contribution >= 4 is 17.8 Å². The van der Waals surface area contributed by atoms with E-state index in [1.54, 1.807) is 17.0 Å². The zero-order valence-electron chi connectivity index (χ0n) is 11.6. The normalized spacial score (nSPS) is 15.7. The highest BCUT2D eigenvalue weighted by Gasteiger charge is 2.26. The number of amides is 2. The fourth-order valence-electron chi connectivity index (χ4n) is 2.31. The number of aliphatic carboxylic acids is 1. The first-order valence-electron chi connectivity index (χ1n) is 6.90. The average molecular weight is 294 g/mol. The molecule has 2 heterocycles. The number of furan rings is 1. The molecule has 1 saturated heterocycles. The molecule has 2 N–H and O–H groups in total. The van der Waals surface area contributed by atoms with E-state index < -0.39 is 5.97 Å². The summed E-state index contributed by atoms with van der Waals surface area (Å²) in [5, 5.41) is 11.5. The van der Waals surface area contributed by atoms with Gasteiger partial charge in [0.2, 0.25) is 5.91 Å². The molecular formula is C14H18N2O5. The van der Waals surface area contributed by atoms with Crippen LogP contribution in [0.1, 0.15) is 29.8 Å². The number of carbonyl (C=O) groups excluding carboxylic acids is 2. The van der Waals surface area contributed by atoms with Crippen LogP contribution in [0.3, 0.4) is 0 Å². The second kappa shape index (κ2) is 6.92. The van der Waals surface area contributed by atoms with Crippen LogP contribution in [-0.2, 0) is 9.59 Å². The Morgan fingerprint density at radius 1 is 1.33 bits per heavy atom. The first-order chi connectivity index (χ1) is 10.1. The molecule has 0 spiro atoms. The van der Waals surface area contributed by atoms with Crippen molar-refractivity contribution in [1.29, 1.82) is 0 Å². The summed E-state index contributed by atoms with van der Waals surface area (Å²) in [6.45, 7) is 1.15. The molecule has 2 amide bonds. The van der Waals surface area contributed by atoms with Crippen LogP contribution in [0.5, 0.6) is 0 Å². The third kappa shape index (κ3) is 4.08. The van der Waals surface area contributed by atoms with E-state index in [2.05, 4.69) is 5.32 Å². The van der Waals surface area contributed by atoms with Gasteiger partial charge in [0.05, 0.1) is 12.2 Å². The van der Waals surface area contributed by atoms with Gasteiger partial charge in [-0.15, -0.1) is 0 Å². The minimum absolute atomic E-state index is 0.0708. The van der Waals surface area contributed by atoms with E-state index in [0.717, 1.165) is 0 Å². The molecule has 1 aliphatic rings. The number of rotatable bonds is 5. The van der Waals surface area contributed by atoms with Crippen LogP contribution < -0.4 is 5.32 Å². The van der Waals surface area contributed by atoms with Gasteiger partial charge in [0.15, 0.2) is 5.76 Å². The molecule has 0 atom stereocenters. The maximum absolute atomic E-state index is 11.9. The van der Waals surface area contributed by atoms with Crippen LogP contribution in [0.15, 0.2) is 22.8 Å².